The molecule has 2 aliphatic heterocycles. The third-order valence-electron chi connectivity index (χ3n) is 4.44. The smallest absolute Gasteiger partial charge is 0.319 e. The monoisotopic (exact) mass is 317 g/mol. The molecule has 0 saturated carbocycles. The van der Waals surface area contributed by atoms with Crippen LogP contribution in [0.2, 0.25) is 0 Å². The van der Waals surface area contributed by atoms with Crippen molar-refractivity contribution in [2.24, 2.45) is 0 Å². The largest absolute Gasteiger partial charge is 0.376 e. The van der Waals surface area contributed by atoms with Crippen LogP contribution in [-0.2, 0) is 22.5 Å². The van der Waals surface area contributed by atoms with E-state index in [4.69, 9.17) is 4.74 Å². The summed E-state index contributed by atoms with van der Waals surface area (Å²) in [5.74, 6) is 0.0864. The van der Waals surface area contributed by atoms with Gasteiger partial charge in [-0.3, -0.25) is 4.79 Å². The maximum atomic E-state index is 12.0. The zero-order valence-corrected chi connectivity index (χ0v) is 13.4. The Balaban J connectivity index is 1.57. The van der Waals surface area contributed by atoms with Crippen LogP contribution in [0.1, 0.15) is 30.9 Å². The highest BCUT2D eigenvalue weighted by Crippen LogP contribution is 2.22. The molecule has 1 aromatic rings. The SMILES string of the molecule is CC(=O)N1CCc2ccc(NC(=O)NC[C@@H]3CCCO3)cc2C1. The minimum absolute atomic E-state index is 0.0864. The molecule has 1 fully saturated rings. The Kier molecular flexibility index (Phi) is 4.81. The number of anilines is 1. The van der Waals surface area contributed by atoms with E-state index in [1.54, 1.807) is 6.92 Å². The van der Waals surface area contributed by atoms with Gasteiger partial charge in [0.05, 0.1) is 6.10 Å². The molecule has 6 heteroatoms. The zero-order chi connectivity index (χ0) is 16.2. The molecule has 0 spiro atoms. The summed E-state index contributed by atoms with van der Waals surface area (Å²) in [6.45, 7) is 4.28. The molecule has 2 aliphatic rings. The lowest BCUT2D eigenvalue weighted by Gasteiger charge is -2.28. The number of hydrogen-bond donors (Lipinski definition) is 2. The molecule has 1 atom stereocenters. The van der Waals surface area contributed by atoms with E-state index >= 15 is 0 Å². The maximum absolute atomic E-state index is 12.0. The van der Waals surface area contributed by atoms with Gasteiger partial charge in [0.25, 0.3) is 0 Å². The van der Waals surface area contributed by atoms with Crippen LogP contribution >= 0.6 is 0 Å². The number of ether oxygens (including phenoxy) is 1. The average molecular weight is 317 g/mol. The summed E-state index contributed by atoms with van der Waals surface area (Å²) in [5.41, 5.74) is 3.09. The molecular formula is C17H23N3O3. The molecule has 3 rings (SSSR count). The fraction of sp³-hybridized carbons (Fsp3) is 0.529. The highest BCUT2D eigenvalue weighted by molar-refractivity contribution is 5.89. The van der Waals surface area contributed by atoms with Gasteiger partial charge in [-0.05, 0) is 42.5 Å². The first-order chi connectivity index (χ1) is 11.1. The number of carbonyl (C=O) groups excluding carboxylic acids is 2. The standard InChI is InChI=1S/C17H23N3O3/c1-12(21)20-7-6-13-4-5-15(9-14(13)11-20)19-17(22)18-10-16-3-2-8-23-16/h4-5,9,16H,2-3,6-8,10-11H2,1H3,(H2,18,19,22)/t16-/m0/s1. The van der Waals surface area contributed by atoms with Crippen molar-refractivity contribution in [1.29, 1.82) is 0 Å². The lowest BCUT2D eigenvalue weighted by Crippen LogP contribution is -2.35. The Labute approximate surface area is 136 Å². The summed E-state index contributed by atoms with van der Waals surface area (Å²) in [6.07, 6.45) is 3.06. The number of carbonyl (C=O) groups is 2. The van der Waals surface area contributed by atoms with Gasteiger partial charge in [0.15, 0.2) is 0 Å². The van der Waals surface area contributed by atoms with Crippen LogP contribution in [0.4, 0.5) is 10.5 Å². The second-order valence-electron chi connectivity index (χ2n) is 6.14. The van der Waals surface area contributed by atoms with Crippen molar-refractivity contribution in [3.63, 3.8) is 0 Å². The van der Waals surface area contributed by atoms with Crippen LogP contribution in [-0.4, -0.2) is 42.6 Å². The van der Waals surface area contributed by atoms with E-state index in [1.807, 2.05) is 23.1 Å². The molecule has 0 unspecified atom stereocenters. The average Bonchev–Trinajstić information content (AvgIpc) is 3.05. The molecule has 2 heterocycles. The molecule has 23 heavy (non-hydrogen) atoms. The van der Waals surface area contributed by atoms with Crippen molar-refractivity contribution in [3.8, 4) is 0 Å². The molecular weight excluding hydrogens is 294 g/mol. The molecule has 0 bridgehead atoms. The molecule has 0 radical (unpaired) electrons. The zero-order valence-electron chi connectivity index (χ0n) is 13.4. The summed E-state index contributed by atoms with van der Waals surface area (Å²) in [5, 5.41) is 5.69. The van der Waals surface area contributed by atoms with Gasteiger partial charge in [0.2, 0.25) is 5.91 Å². The molecule has 2 N–H and O–H groups in total. The quantitative estimate of drug-likeness (QED) is 0.894. The van der Waals surface area contributed by atoms with Crippen LogP contribution < -0.4 is 10.6 Å². The van der Waals surface area contributed by atoms with Gasteiger partial charge in [-0.15, -0.1) is 0 Å². The van der Waals surface area contributed by atoms with E-state index in [0.717, 1.165) is 43.7 Å². The number of nitrogens with one attached hydrogen (secondary N) is 2. The number of urea groups is 1. The number of hydrogen-bond acceptors (Lipinski definition) is 3. The van der Waals surface area contributed by atoms with Gasteiger partial charge in [-0.25, -0.2) is 4.79 Å². The first kappa shape index (κ1) is 15.8. The predicted octanol–water partition coefficient (Wildman–Crippen LogP) is 1.89. The molecule has 124 valence electrons. The third kappa shape index (κ3) is 4.01. The lowest BCUT2D eigenvalue weighted by molar-refractivity contribution is -0.129. The molecule has 6 nitrogen and oxygen atoms in total. The summed E-state index contributed by atoms with van der Waals surface area (Å²) < 4.78 is 5.48. The number of rotatable bonds is 3. The van der Waals surface area contributed by atoms with Gasteiger partial charge in [0, 0.05) is 38.9 Å². The van der Waals surface area contributed by atoms with Crippen molar-refractivity contribution < 1.29 is 14.3 Å². The summed E-state index contributed by atoms with van der Waals surface area (Å²) >= 11 is 0. The molecule has 0 aliphatic carbocycles. The molecule has 1 saturated heterocycles. The normalized spacial score (nSPS) is 20.0. The van der Waals surface area contributed by atoms with Gasteiger partial charge < -0.3 is 20.3 Å². The second-order valence-corrected chi connectivity index (χ2v) is 6.14. The first-order valence-corrected chi connectivity index (χ1v) is 8.15. The maximum Gasteiger partial charge on any atom is 0.319 e. The fourth-order valence-corrected chi connectivity index (χ4v) is 3.09. The fourth-order valence-electron chi connectivity index (χ4n) is 3.09. The van der Waals surface area contributed by atoms with Crippen LogP contribution in [0.25, 0.3) is 0 Å². The van der Waals surface area contributed by atoms with E-state index in [9.17, 15) is 9.59 Å². The van der Waals surface area contributed by atoms with E-state index in [2.05, 4.69) is 10.6 Å². The predicted molar refractivity (Wildman–Crippen MR) is 87.2 cm³/mol. The minimum atomic E-state index is -0.223. The number of benzene rings is 1. The van der Waals surface area contributed by atoms with Crippen LogP contribution in [0.5, 0.6) is 0 Å². The Bertz CT molecular complexity index is 597. The Morgan fingerprint density at radius 3 is 2.96 bits per heavy atom. The molecule has 0 aromatic heterocycles. The summed E-state index contributed by atoms with van der Waals surface area (Å²) in [4.78, 5) is 25.3. The Morgan fingerprint density at radius 2 is 2.22 bits per heavy atom. The van der Waals surface area contributed by atoms with E-state index < -0.39 is 0 Å². The van der Waals surface area contributed by atoms with Gasteiger partial charge in [-0.1, -0.05) is 6.07 Å². The van der Waals surface area contributed by atoms with Crippen molar-refractivity contribution in [1.82, 2.24) is 10.2 Å². The van der Waals surface area contributed by atoms with Crippen molar-refractivity contribution >= 4 is 17.6 Å². The second kappa shape index (κ2) is 7.00. The topological polar surface area (TPSA) is 70.7 Å². The minimum Gasteiger partial charge on any atom is -0.376 e. The number of amides is 3. The van der Waals surface area contributed by atoms with E-state index in [-0.39, 0.29) is 18.0 Å². The summed E-state index contributed by atoms with van der Waals surface area (Å²) in [6, 6.07) is 5.67. The molecule has 1 aromatic carbocycles. The van der Waals surface area contributed by atoms with Crippen LogP contribution in [0.15, 0.2) is 18.2 Å². The van der Waals surface area contributed by atoms with Gasteiger partial charge in [0.1, 0.15) is 0 Å². The van der Waals surface area contributed by atoms with Crippen molar-refractivity contribution in [2.45, 2.75) is 38.8 Å². The van der Waals surface area contributed by atoms with E-state index in [1.165, 1.54) is 5.56 Å². The van der Waals surface area contributed by atoms with Crippen LogP contribution in [0, 0.1) is 0 Å². The number of fused-ring (bicyclic) bond motifs is 1. The van der Waals surface area contributed by atoms with Crippen LogP contribution in [0.3, 0.4) is 0 Å². The molecule has 3 amide bonds. The van der Waals surface area contributed by atoms with Crippen molar-refractivity contribution in [2.75, 3.05) is 25.0 Å². The Morgan fingerprint density at radius 1 is 1.35 bits per heavy atom. The number of nitrogens with zero attached hydrogens (tertiary/aromatic N) is 1. The van der Waals surface area contributed by atoms with Gasteiger partial charge in [-0.2, -0.15) is 0 Å². The van der Waals surface area contributed by atoms with E-state index in [0.29, 0.717) is 13.1 Å². The Hall–Kier alpha value is -2.08. The lowest BCUT2D eigenvalue weighted by atomic mass is 9.99. The third-order valence-corrected chi connectivity index (χ3v) is 4.44. The van der Waals surface area contributed by atoms with Crippen molar-refractivity contribution in [3.05, 3.63) is 29.3 Å². The summed E-state index contributed by atoms with van der Waals surface area (Å²) in [7, 11) is 0. The highest BCUT2D eigenvalue weighted by atomic mass is 16.5. The highest BCUT2D eigenvalue weighted by Gasteiger charge is 2.19. The first-order valence-electron chi connectivity index (χ1n) is 8.15. The van der Waals surface area contributed by atoms with Gasteiger partial charge >= 0.3 is 6.03 Å².